The van der Waals surface area contributed by atoms with Gasteiger partial charge in [-0.3, -0.25) is 0 Å². The van der Waals surface area contributed by atoms with Crippen molar-refractivity contribution in [2.45, 2.75) is 122 Å². The molecule has 2 nitrogen and oxygen atoms in total. The second kappa shape index (κ2) is 13.4. The Morgan fingerprint density at radius 3 is 1.27 bits per heavy atom. The van der Waals surface area contributed by atoms with Crippen molar-refractivity contribution in [3.63, 3.8) is 0 Å². The highest BCUT2D eigenvalue weighted by Gasteiger charge is 2.39. The van der Waals surface area contributed by atoms with Crippen molar-refractivity contribution in [2.75, 3.05) is 6.61 Å². The first kappa shape index (κ1) is 20.0. The monoisotopic (exact) mass is 312 g/mol. The molecule has 0 aromatic carbocycles. The van der Waals surface area contributed by atoms with Crippen LogP contribution in [0.4, 0.5) is 0 Å². The summed E-state index contributed by atoms with van der Waals surface area (Å²) in [4.78, 5) is 10.6. The molecule has 1 rings (SSSR count). The van der Waals surface area contributed by atoms with E-state index in [4.69, 9.17) is 9.78 Å². The van der Waals surface area contributed by atoms with Gasteiger partial charge in [-0.25, -0.2) is 9.78 Å². The lowest BCUT2D eigenvalue weighted by Gasteiger charge is -2.39. The summed E-state index contributed by atoms with van der Waals surface area (Å²) in [6.07, 6.45) is 21.7. The molecule has 1 aliphatic heterocycles. The molecule has 0 aromatic heterocycles. The van der Waals surface area contributed by atoms with Gasteiger partial charge in [-0.1, -0.05) is 104 Å². The Balaban J connectivity index is 1.94. The summed E-state index contributed by atoms with van der Waals surface area (Å²) in [5, 5.41) is 0. The molecule has 1 aliphatic rings. The van der Waals surface area contributed by atoms with Crippen LogP contribution in [0.2, 0.25) is 0 Å². The summed E-state index contributed by atoms with van der Waals surface area (Å²) in [7, 11) is 0. The molecule has 0 bridgehead atoms. The second-order valence-electron chi connectivity index (χ2n) is 7.27. The minimum Gasteiger partial charge on any atom is -0.233 e. The quantitative estimate of drug-likeness (QED) is 0.226. The van der Waals surface area contributed by atoms with Crippen LogP contribution in [0.15, 0.2) is 0 Å². The number of rotatable bonds is 16. The molecule has 2 heteroatoms. The third kappa shape index (κ3) is 9.15. The van der Waals surface area contributed by atoms with Gasteiger partial charge in [0.15, 0.2) is 0 Å². The van der Waals surface area contributed by atoms with Gasteiger partial charge >= 0.3 is 0 Å². The summed E-state index contributed by atoms with van der Waals surface area (Å²) >= 11 is 0. The third-order valence-electron chi connectivity index (χ3n) is 5.03. The molecule has 132 valence electrons. The molecule has 1 heterocycles. The summed E-state index contributed by atoms with van der Waals surface area (Å²) in [5.41, 5.74) is 0.0902. The normalized spacial score (nSPS) is 21.0. The van der Waals surface area contributed by atoms with Gasteiger partial charge in [-0.05, 0) is 12.8 Å². The van der Waals surface area contributed by atoms with Crippen LogP contribution < -0.4 is 0 Å². The van der Waals surface area contributed by atoms with Crippen LogP contribution in [-0.2, 0) is 9.78 Å². The molecule has 0 N–H and O–H groups in total. The van der Waals surface area contributed by atoms with E-state index in [2.05, 4.69) is 13.8 Å². The van der Waals surface area contributed by atoms with Gasteiger partial charge in [-0.15, -0.1) is 0 Å². The van der Waals surface area contributed by atoms with E-state index in [0.29, 0.717) is 0 Å². The molecule has 0 amide bonds. The second-order valence-corrected chi connectivity index (χ2v) is 7.27. The summed E-state index contributed by atoms with van der Waals surface area (Å²) in [5.74, 6) is 0. The minimum absolute atomic E-state index is 0.0902. The Morgan fingerprint density at radius 1 is 0.591 bits per heavy atom. The van der Waals surface area contributed by atoms with Gasteiger partial charge in [0.1, 0.15) is 12.2 Å². The van der Waals surface area contributed by atoms with Gasteiger partial charge in [0.05, 0.1) is 0 Å². The van der Waals surface area contributed by atoms with Gasteiger partial charge in [0, 0.05) is 0 Å². The minimum atomic E-state index is 0.0902. The van der Waals surface area contributed by atoms with Crippen LogP contribution in [-0.4, -0.2) is 12.2 Å². The first-order chi connectivity index (χ1) is 10.8. The maximum absolute atomic E-state index is 5.51. The third-order valence-corrected chi connectivity index (χ3v) is 5.03. The molecule has 0 spiro atoms. The first-order valence-corrected chi connectivity index (χ1v) is 10.1. The zero-order valence-corrected chi connectivity index (χ0v) is 15.3. The van der Waals surface area contributed by atoms with Gasteiger partial charge in [0.25, 0.3) is 0 Å². The zero-order valence-electron chi connectivity index (χ0n) is 15.3. The van der Waals surface area contributed by atoms with E-state index < -0.39 is 0 Å². The van der Waals surface area contributed by atoms with Crippen molar-refractivity contribution in [2.24, 2.45) is 0 Å². The molecule has 1 saturated heterocycles. The van der Waals surface area contributed by atoms with E-state index in [0.717, 1.165) is 6.61 Å². The molecule has 0 radical (unpaired) electrons. The standard InChI is InChI=1S/C20H40O2/c1-3-5-7-9-11-12-14-16-18-20(19-21-22-20)17-15-13-10-8-6-4-2/h3-19H2,1-2H3. The molecule has 1 fully saturated rings. The Morgan fingerprint density at radius 2 is 0.955 bits per heavy atom. The van der Waals surface area contributed by atoms with Crippen LogP contribution >= 0.6 is 0 Å². The summed E-state index contributed by atoms with van der Waals surface area (Å²) in [6.45, 7) is 5.39. The molecule has 1 unspecified atom stereocenters. The maximum atomic E-state index is 5.51. The molecule has 1 atom stereocenters. The highest BCUT2D eigenvalue weighted by molar-refractivity contribution is 4.83. The van der Waals surface area contributed by atoms with Crippen LogP contribution in [0.1, 0.15) is 117 Å². The topological polar surface area (TPSA) is 18.5 Å². The summed E-state index contributed by atoms with van der Waals surface area (Å²) in [6, 6.07) is 0. The van der Waals surface area contributed by atoms with Crippen molar-refractivity contribution in [1.82, 2.24) is 0 Å². The van der Waals surface area contributed by atoms with E-state index in [1.54, 1.807) is 0 Å². The van der Waals surface area contributed by atoms with E-state index in [1.807, 2.05) is 0 Å². The van der Waals surface area contributed by atoms with E-state index >= 15 is 0 Å². The highest BCUT2D eigenvalue weighted by atomic mass is 17.2. The average molecular weight is 313 g/mol. The number of hydrogen-bond donors (Lipinski definition) is 0. The number of unbranched alkanes of at least 4 members (excludes halogenated alkanes) is 12. The van der Waals surface area contributed by atoms with E-state index in [1.165, 1.54) is 103 Å². The van der Waals surface area contributed by atoms with E-state index in [-0.39, 0.29) is 5.60 Å². The van der Waals surface area contributed by atoms with Crippen molar-refractivity contribution < 1.29 is 9.78 Å². The predicted octanol–water partition coefficient (Wildman–Crippen LogP) is 6.97. The fraction of sp³-hybridized carbons (Fsp3) is 1.00. The lowest BCUT2D eigenvalue weighted by molar-refractivity contribution is -0.474. The Bertz CT molecular complexity index is 236. The van der Waals surface area contributed by atoms with Crippen molar-refractivity contribution in [3.05, 3.63) is 0 Å². The van der Waals surface area contributed by atoms with Crippen molar-refractivity contribution in [1.29, 1.82) is 0 Å². The Hall–Kier alpha value is -0.0800. The van der Waals surface area contributed by atoms with Crippen LogP contribution in [0.3, 0.4) is 0 Å². The van der Waals surface area contributed by atoms with Crippen molar-refractivity contribution in [3.8, 4) is 0 Å². The Kier molecular flexibility index (Phi) is 12.1. The molecule has 0 saturated carbocycles. The van der Waals surface area contributed by atoms with Gasteiger partial charge in [0.2, 0.25) is 0 Å². The number of hydrogen-bond acceptors (Lipinski definition) is 2. The SMILES string of the molecule is CCCCCCCCCCC1(CCCCCCCC)COO1. The van der Waals surface area contributed by atoms with E-state index in [9.17, 15) is 0 Å². The van der Waals surface area contributed by atoms with Crippen LogP contribution in [0, 0.1) is 0 Å². The van der Waals surface area contributed by atoms with Crippen LogP contribution in [0.5, 0.6) is 0 Å². The summed E-state index contributed by atoms with van der Waals surface area (Å²) < 4.78 is 0. The average Bonchev–Trinajstić information content (AvgIpc) is 2.49. The fourth-order valence-electron chi connectivity index (χ4n) is 3.39. The molecule has 0 aliphatic carbocycles. The zero-order chi connectivity index (χ0) is 15.9. The highest BCUT2D eigenvalue weighted by Crippen LogP contribution is 2.34. The Labute approximate surface area is 139 Å². The van der Waals surface area contributed by atoms with Gasteiger partial charge < -0.3 is 0 Å². The van der Waals surface area contributed by atoms with Gasteiger partial charge in [-0.2, -0.15) is 0 Å². The lowest BCUT2D eigenvalue weighted by atomic mass is 9.89. The molecule has 22 heavy (non-hydrogen) atoms. The maximum Gasteiger partial charge on any atom is 0.130 e. The molecule has 0 aromatic rings. The fourth-order valence-corrected chi connectivity index (χ4v) is 3.39. The lowest BCUT2D eigenvalue weighted by Crippen LogP contribution is -2.47. The molecular weight excluding hydrogens is 272 g/mol. The van der Waals surface area contributed by atoms with Crippen molar-refractivity contribution >= 4 is 0 Å². The first-order valence-electron chi connectivity index (χ1n) is 10.1. The predicted molar refractivity (Wildman–Crippen MR) is 95.0 cm³/mol. The molecular formula is C20H40O2. The van der Waals surface area contributed by atoms with Crippen LogP contribution in [0.25, 0.3) is 0 Å². The largest absolute Gasteiger partial charge is 0.233 e. The smallest absolute Gasteiger partial charge is 0.130 e.